The summed E-state index contributed by atoms with van der Waals surface area (Å²) in [5.74, 6) is -0.222. The molecule has 1 aliphatic rings. The summed E-state index contributed by atoms with van der Waals surface area (Å²) in [6, 6.07) is 6.97. The second-order valence-corrected chi connectivity index (χ2v) is 6.79. The van der Waals surface area contributed by atoms with Crippen LogP contribution in [-0.4, -0.2) is 26.9 Å². The maximum Gasteiger partial charge on any atom is 0.221 e. The van der Waals surface area contributed by atoms with Gasteiger partial charge in [-0.3, -0.25) is 4.79 Å². The van der Waals surface area contributed by atoms with Gasteiger partial charge in [0.15, 0.2) is 0 Å². The lowest BCUT2D eigenvalue weighted by molar-refractivity contribution is -0.121. The van der Waals surface area contributed by atoms with Gasteiger partial charge >= 0.3 is 0 Å². The first kappa shape index (κ1) is 14.8. The molecule has 4 N–H and O–H groups in total. The lowest BCUT2D eigenvalue weighted by atomic mass is 10.2. The maximum absolute atomic E-state index is 11.8. The van der Waals surface area contributed by atoms with Crippen molar-refractivity contribution < 1.29 is 13.2 Å². The molecule has 1 amide bonds. The standard InChI is InChI=1S/C13H19N3O3S/c14-11-3-1-10(2-4-11)9-20(18,19)15-8-7-13(17)16-12-5-6-12/h1-4,12,15H,5-9,14H2,(H,16,17). The van der Waals surface area contributed by atoms with Crippen molar-refractivity contribution in [2.75, 3.05) is 12.3 Å². The molecule has 1 aromatic rings. The lowest BCUT2D eigenvalue weighted by Crippen LogP contribution is -2.32. The van der Waals surface area contributed by atoms with Crippen LogP contribution in [0.5, 0.6) is 0 Å². The molecule has 0 spiro atoms. The van der Waals surface area contributed by atoms with E-state index in [-0.39, 0.29) is 24.6 Å². The molecule has 0 aliphatic heterocycles. The van der Waals surface area contributed by atoms with Gasteiger partial charge in [0.2, 0.25) is 15.9 Å². The number of nitrogens with one attached hydrogen (secondary N) is 2. The SMILES string of the molecule is Nc1ccc(CS(=O)(=O)NCCC(=O)NC2CC2)cc1. The van der Waals surface area contributed by atoms with E-state index in [9.17, 15) is 13.2 Å². The first-order valence-corrected chi connectivity index (χ1v) is 8.21. The summed E-state index contributed by atoms with van der Waals surface area (Å²) in [4.78, 5) is 11.4. The van der Waals surface area contributed by atoms with Crippen LogP contribution in [0.15, 0.2) is 24.3 Å². The largest absolute Gasteiger partial charge is 0.399 e. The van der Waals surface area contributed by atoms with Gasteiger partial charge in [-0.25, -0.2) is 13.1 Å². The van der Waals surface area contributed by atoms with Crippen molar-refractivity contribution in [2.45, 2.75) is 31.1 Å². The molecule has 6 nitrogen and oxygen atoms in total. The van der Waals surface area contributed by atoms with Crippen LogP contribution < -0.4 is 15.8 Å². The van der Waals surface area contributed by atoms with Crippen LogP contribution in [0.1, 0.15) is 24.8 Å². The summed E-state index contributed by atoms with van der Waals surface area (Å²) in [5, 5.41) is 2.81. The van der Waals surface area contributed by atoms with Crippen LogP contribution in [-0.2, 0) is 20.6 Å². The Morgan fingerprint density at radius 2 is 1.90 bits per heavy atom. The van der Waals surface area contributed by atoms with E-state index in [1.165, 1.54) is 0 Å². The third kappa shape index (κ3) is 5.18. The van der Waals surface area contributed by atoms with Gasteiger partial charge in [-0.05, 0) is 30.5 Å². The van der Waals surface area contributed by atoms with Gasteiger partial charge < -0.3 is 11.1 Å². The molecule has 0 radical (unpaired) electrons. The number of hydrogen-bond acceptors (Lipinski definition) is 4. The van der Waals surface area contributed by atoms with Crippen molar-refractivity contribution in [1.29, 1.82) is 0 Å². The zero-order chi connectivity index (χ0) is 14.6. The highest BCUT2D eigenvalue weighted by Gasteiger charge is 2.23. The van der Waals surface area contributed by atoms with Gasteiger partial charge in [-0.1, -0.05) is 12.1 Å². The molecular formula is C13H19N3O3S. The predicted molar refractivity (Wildman–Crippen MR) is 77.3 cm³/mol. The van der Waals surface area contributed by atoms with Crippen molar-refractivity contribution in [3.05, 3.63) is 29.8 Å². The van der Waals surface area contributed by atoms with Crippen molar-refractivity contribution in [2.24, 2.45) is 0 Å². The monoisotopic (exact) mass is 297 g/mol. The maximum atomic E-state index is 11.8. The quantitative estimate of drug-likeness (QED) is 0.632. The van der Waals surface area contributed by atoms with Gasteiger partial charge in [-0.2, -0.15) is 0 Å². The minimum Gasteiger partial charge on any atom is -0.399 e. The number of nitrogen functional groups attached to an aromatic ring is 1. The summed E-state index contributed by atoms with van der Waals surface area (Å²) >= 11 is 0. The van der Waals surface area contributed by atoms with Crippen LogP contribution >= 0.6 is 0 Å². The predicted octanol–water partition coefficient (Wildman–Crippen LogP) is 0.357. The second kappa shape index (κ2) is 6.23. The lowest BCUT2D eigenvalue weighted by Gasteiger charge is -2.07. The van der Waals surface area contributed by atoms with Crippen LogP contribution in [0.3, 0.4) is 0 Å². The van der Waals surface area contributed by atoms with Gasteiger partial charge in [0.05, 0.1) is 5.75 Å². The first-order chi connectivity index (χ1) is 9.44. The molecule has 0 saturated heterocycles. The van der Waals surface area contributed by atoms with Crippen LogP contribution in [0, 0.1) is 0 Å². The molecule has 0 bridgehead atoms. The molecule has 0 heterocycles. The number of carbonyl (C=O) groups excluding carboxylic acids is 1. The molecule has 1 aliphatic carbocycles. The number of rotatable bonds is 7. The molecule has 1 fully saturated rings. The van der Waals surface area contributed by atoms with Crippen molar-refractivity contribution >= 4 is 21.6 Å². The Morgan fingerprint density at radius 3 is 2.50 bits per heavy atom. The van der Waals surface area contributed by atoms with Gasteiger partial charge in [0.25, 0.3) is 0 Å². The number of carbonyl (C=O) groups is 1. The molecule has 0 atom stereocenters. The zero-order valence-electron chi connectivity index (χ0n) is 11.1. The minimum absolute atomic E-state index is 0.109. The average molecular weight is 297 g/mol. The number of nitrogens with two attached hydrogens (primary N) is 1. The van der Waals surface area contributed by atoms with E-state index in [1.54, 1.807) is 24.3 Å². The molecule has 7 heteroatoms. The Bertz CT molecular complexity index is 565. The minimum atomic E-state index is -3.43. The Hall–Kier alpha value is -1.60. The van der Waals surface area contributed by atoms with Crippen LogP contribution in [0.4, 0.5) is 5.69 Å². The van der Waals surface area contributed by atoms with Crippen molar-refractivity contribution in [1.82, 2.24) is 10.0 Å². The van der Waals surface area contributed by atoms with Gasteiger partial charge in [-0.15, -0.1) is 0 Å². The number of amides is 1. The Balaban J connectivity index is 1.75. The summed E-state index contributed by atoms with van der Waals surface area (Å²) in [7, 11) is -3.43. The molecule has 110 valence electrons. The number of benzene rings is 1. The van der Waals surface area contributed by atoms with E-state index >= 15 is 0 Å². The van der Waals surface area contributed by atoms with Crippen LogP contribution in [0.2, 0.25) is 0 Å². The smallest absolute Gasteiger partial charge is 0.221 e. The number of anilines is 1. The van der Waals surface area contributed by atoms with Crippen molar-refractivity contribution in [3.63, 3.8) is 0 Å². The third-order valence-corrected chi connectivity index (χ3v) is 4.31. The van der Waals surface area contributed by atoms with Gasteiger partial charge in [0.1, 0.15) is 0 Å². The van der Waals surface area contributed by atoms with E-state index in [0.717, 1.165) is 12.8 Å². The fourth-order valence-electron chi connectivity index (χ4n) is 1.73. The summed E-state index contributed by atoms with van der Waals surface area (Å²) in [6.45, 7) is 0.121. The normalized spacial score (nSPS) is 15.0. The zero-order valence-corrected chi connectivity index (χ0v) is 11.9. The average Bonchev–Trinajstić information content (AvgIpc) is 3.15. The van der Waals surface area contributed by atoms with Gasteiger partial charge in [0, 0.05) is 24.7 Å². The highest BCUT2D eigenvalue weighted by Crippen LogP contribution is 2.18. The fraction of sp³-hybridized carbons (Fsp3) is 0.462. The van der Waals surface area contributed by atoms with E-state index in [0.29, 0.717) is 17.3 Å². The Morgan fingerprint density at radius 1 is 1.25 bits per heavy atom. The molecule has 20 heavy (non-hydrogen) atoms. The molecule has 1 aromatic carbocycles. The molecule has 1 saturated carbocycles. The molecular weight excluding hydrogens is 278 g/mol. The molecule has 2 rings (SSSR count). The van der Waals surface area contributed by atoms with Crippen LogP contribution in [0.25, 0.3) is 0 Å². The fourth-order valence-corrected chi connectivity index (χ4v) is 2.88. The second-order valence-electron chi connectivity index (χ2n) is 4.99. The van der Waals surface area contributed by atoms with E-state index in [2.05, 4.69) is 10.0 Å². The molecule has 0 unspecified atom stereocenters. The summed E-state index contributed by atoms with van der Waals surface area (Å²) < 4.78 is 26.1. The first-order valence-electron chi connectivity index (χ1n) is 6.56. The number of hydrogen-bond donors (Lipinski definition) is 3. The summed E-state index contributed by atoms with van der Waals surface area (Å²) in [5.41, 5.74) is 6.79. The Labute approximate surface area is 118 Å². The van der Waals surface area contributed by atoms with Crippen molar-refractivity contribution in [3.8, 4) is 0 Å². The van der Waals surface area contributed by atoms with E-state index in [1.807, 2.05) is 0 Å². The summed E-state index contributed by atoms with van der Waals surface area (Å²) in [6.07, 6.45) is 2.21. The highest BCUT2D eigenvalue weighted by molar-refractivity contribution is 7.88. The Kier molecular flexibility index (Phi) is 4.61. The van der Waals surface area contributed by atoms with E-state index < -0.39 is 10.0 Å². The molecule has 0 aromatic heterocycles. The third-order valence-electron chi connectivity index (χ3n) is 2.95. The van der Waals surface area contributed by atoms with E-state index in [4.69, 9.17) is 5.73 Å². The highest BCUT2D eigenvalue weighted by atomic mass is 32.2. The topological polar surface area (TPSA) is 101 Å². The number of sulfonamides is 1.